The van der Waals surface area contributed by atoms with E-state index in [0.29, 0.717) is 18.9 Å². The Kier molecular flexibility index (Phi) is 6.02. The van der Waals surface area contributed by atoms with Gasteiger partial charge in [-0.15, -0.1) is 0 Å². The lowest BCUT2D eigenvalue weighted by atomic mass is 9.48. The van der Waals surface area contributed by atoms with Gasteiger partial charge in [0.2, 0.25) is 0 Å². The van der Waals surface area contributed by atoms with Gasteiger partial charge in [-0.2, -0.15) is 0 Å². The van der Waals surface area contributed by atoms with Crippen LogP contribution >= 0.6 is 0 Å². The first kappa shape index (κ1) is 21.8. The Balaban J connectivity index is 2.03. The molecule has 9 atom stereocenters. The molecule has 0 amide bonds. The third-order valence-corrected chi connectivity index (χ3v) is 8.14. The Morgan fingerprint density at radius 2 is 1.89 bits per heavy atom. The molecule has 5 unspecified atom stereocenters. The highest BCUT2D eigenvalue weighted by Gasteiger charge is 2.61. The number of aliphatic hydroxyl groups is 3. The smallest absolute Gasteiger partial charge is 0.311 e. The van der Waals surface area contributed by atoms with Crippen molar-refractivity contribution in [2.45, 2.75) is 78.1 Å². The van der Waals surface area contributed by atoms with Crippen LogP contribution in [0.15, 0.2) is 12.2 Å². The number of hydrogen-bond acceptors (Lipinski definition) is 5. The van der Waals surface area contributed by atoms with Gasteiger partial charge in [-0.1, -0.05) is 39.8 Å². The van der Waals surface area contributed by atoms with E-state index in [1.807, 2.05) is 19.1 Å². The molecule has 0 bridgehead atoms. The van der Waals surface area contributed by atoms with E-state index in [4.69, 9.17) is 4.74 Å². The molecule has 2 fully saturated rings. The molecule has 1 heterocycles. The molecule has 3 aliphatic rings. The summed E-state index contributed by atoms with van der Waals surface area (Å²) in [5, 5.41) is 33.9. The molecule has 0 aromatic heterocycles. The third kappa shape index (κ3) is 3.44. The molecule has 2 aliphatic carbocycles. The van der Waals surface area contributed by atoms with E-state index in [-0.39, 0.29) is 29.6 Å². The van der Waals surface area contributed by atoms with Crippen molar-refractivity contribution in [2.24, 2.45) is 40.9 Å². The molecule has 0 aromatic carbocycles. The highest BCUT2D eigenvalue weighted by molar-refractivity contribution is 5.72. The van der Waals surface area contributed by atoms with Gasteiger partial charge in [0.1, 0.15) is 0 Å². The maximum atomic E-state index is 12.3. The largest absolute Gasteiger partial charge is 0.465 e. The number of carbonyl (C=O) groups excluding carboxylic acids is 1. The predicted molar refractivity (Wildman–Crippen MR) is 107 cm³/mol. The second-order valence-corrected chi connectivity index (χ2v) is 10.3. The molecule has 0 aromatic rings. The number of carbonyl (C=O) groups is 1. The zero-order valence-corrected chi connectivity index (χ0v) is 18.0. The van der Waals surface area contributed by atoms with Gasteiger partial charge in [-0.25, -0.2) is 0 Å². The quantitative estimate of drug-likeness (QED) is 0.470. The summed E-state index contributed by atoms with van der Waals surface area (Å²) in [7, 11) is 0. The summed E-state index contributed by atoms with van der Waals surface area (Å²) in [5.41, 5.74) is -1.81. The topological polar surface area (TPSA) is 87.0 Å². The number of rotatable bonds is 1. The van der Waals surface area contributed by atoms with E-state index in [1.165, 1.54) is 0 Å². The van der Waals surface area contributed by atoms with Gasteiger partial charge < -0.3 is 20.1 Å². The Labute approximate surface area is 169 Å². The van der Waals surface area contributed by atoms with E-state index in [2.05, 4.69) is 20.8 Å². The summed E-state index contributed by atoms with van der Waals surface area (Å²) < 4.78 is 5.40. The Hall–Kier alpha value is -0.910. The summed E-state index contributed by atoms with van der Waals surface area (Å²) in [6, 6.07) is 0. The maximum absolute atomic E-state index is 12.3. The summed E-state index contributed by atoms with van der Waals surface area (Å²) in [6.45, 7) is 10.4. The first-order chi connectivity index (χ1) is 13.0. The fourth-order valence-corrected chi connectivity index (χ4v) is 6.06. The second-order valence-electron chi connectivity index (χ2n) is 10.3. The molecule has 1 aliphatic heterocycles. The van der Waals surface area contributed by atoms with Gasteiger partial charge in [0, 0.05) is 17.3 Å². The van der Waals surface area contributed by atoms with E-state index in [0.717, 1.165) is 19.3 Å². The molecular formula is C23H38O5. The van der Waals surface area contributed by atoms with Crippen molar-refractivity contribution in [3.8, 4) is 0 Å². The monoisotopic (exact) mass is 394 g/mol. The van der Waals surface area contributed by atoms with Crippen molar-refractivity contribution in [1.82, 2.24) is 0 Å². The van der Waals surface area contributed by atoms with Crippen LogP contribution < -0.4 is 0 Å². The molecule has 1 saturated heterocycles. The summed E-state index contributed by atoms with van der Waals surface area (Å²) in [4.78, 5) is 12.3. The van der Waals surface area contributed by atoms with Gasteiger partial charge in [0.25, 0.3) is 0 Å². The fourth-order valence-electron chi connectivity index (χ4n) is 6.06. The minimum Gasteiger partial charge on any atom is -0.465 e. The van der Waals surface area contributed by atoms with Crippen molar-refractivity contribution < 1.29 is 24.9 Å². The number of ether oxygens (including phenoxy) is 1. The second kappa shape index (κ2) is 7.73. The van der Waals surface area contributed by atoms with Crippen LogP contribution in [-0.4, -0.2) is 45.7 Å². The normalized spacial score (nSPS) is 49.9. The van der Waals surface area contributed by atoms with E-state index in [9.17, 15) is 20.1 Å². The molecule has 160 valence electrons. The number of cyclic esters (lactones) is 1. The minimum absolute atomic E-state index is 0.0303. The van der Waals surface area contributed by atoms with Gasteiger partial charge >= 0.3 is 5.97 Å². The molecule has 3 rings (SSSR count). The van der Waals surface area contributed by atoms with E-state index < -0.39 is 29.1 Å². The summed E-state index contributed by atoms with van der Waals surface area (Å²) in [6.07, 6.45) is 5.22. The molecule has 5 nitrogen and oxygen atoms in total. The van der Waals surface area contributed by atoms with Crippen molar-refractivity contribution in [3.63, 3.8) is 0 Å². The summed E-state index contributed by atoms with van der Waals surface area (Å²) in [5.74, 6) is -0.550. The Bertz CT molecular complexity index is 616. The summed E-state index contributed by atoms with van der Waals surface area (Å²) >= 11 is 0. The van der Waals surface area contributed by atoms with Gasteiger partial charge in [0.15, 0.2) is 0 Å². The SMILES string of the molecule is CC1COC(=O)C(C)[C@@H](O)C[C@@]2(C)C(CCC3[C@H](O)C(C(C)C)C=C[C@]32O)C1. The minimum atomic E-state index is -1.19. The highest BCUT2D eigenvalue weighted by atomic mass is 16.5. The van der Waals surface area contributed by atoms with Crippen LogP contribution in [0, 0.1) is 40.9 Å². The van der Waals surface area contributed by atoms with Crippen LogP contribution in [-0.2, 0) is 9.53 Å². The fraction of sp³-hybridized carbons (Fsp3) is 0.870. The van der Waals surface area contributed by atoms with Crippen LogP contribution in [0.25, 0.3) is 0 Å². The number of hydrogen-bond donors (Lipinski definition) is 3. The van der Waals surface area contributed by atoms with E-state index >= 15 is 0 Å². The van der Waals surface area contributed by atoms with Crippen molar-refractivity contribution in [1.29, 1.82) is 0 Å². The van der Waals surface area contributed by atoms with Crippen LogP contribution in [0.4, 0.5) is 0 Å². The lowest BCUT2D eigenvalue weighted by molar-refractivity contribution is -0.201. The van der Waals surface area contributed by atoms with Crippen molar-refractivity contribution >= 4 is 5.97 Å². The van der Waals surface area contributed by atoms with Gasteiger partial charge in [0.05, 0.1) is 30.3 Å². The molecule has 3 N–H and O–H groups in total. The highest BCUT2D eigenvalue weighted by Crippen LogP contribution is 2.59. The predicted octanol–water partition coefficient (Wildman–Crippen LogP) is 2.92. The van der Waals surface area contributed by atoms with Crippen LogP contribution in [0.1, 0.15) is 60.3 Å². The molecule has 5 heteroatoms. The zero-order chi connectivity index (χ0) is 20.9. The standard InChI is InChI=1S/C23H38O5/c1-13(2)17-8-9-23(27)18(20(17)25)7-6-16-10-14(3)12-28-21(26)15(4)19(24)11-22(16,23)5/h8-9,13-20,24-25,27H,6-7,10-12H2,1-5H3/t14?,15?,16?,17?,18?,19-,20+,22-,23-/m0/s1. The number of esters is 1. The average Bonchev–Trinajstić information content (AvgIpc) is 2.62. The van der Waals surface area contributed by atoms with Gasteiger partial charge in [-0.05, 0) is 50.4 Å². The van der Waals surface area contributed by atoms with Crippen LogP contribution in [0.3, 0.4) is 0 Å². The Morgan fingerprint density at radius 1 is 1.21 bits per heavy atom. The van der Waals surface area contributed by atoms with Crippen molar-refractivity contribution in [2.75, 3.05) is 6.61 Å². The van der Waals surface area contributed by atoms with Crippen LogP contribution in [0.2, 0.25) is 0 Å². The first-order valence-corrected chi connectivity index (χ1v) is 11.0. The lowest BCUT2D eigenvalue weighted by Gasteiger charge is -2.60. The Morgan fingerprint density at radius 3 is 2.54 bits per heavy atom. The molecular weight excluding hydrogens is 356 g/mol. The molecule has 28 heavy (non-hydrogen) atoms. The maximum Gasteiger partial charge on any atom is 0.311 e. The zero-order valence-electron chi connectivity index (χ0n) is 18.0. The number of fused-ring (bicyclic) bond motifs is 3. The molecule has 0 radical (unpaired) electrons. The third-order valence-electron chi connectivity index (χ3n) is 8.14. The first-order valence-electron chi connectivity index (χ1n) is 11.0. The van der Waals surface area contributed by atoms with Crippen LogP contribution in [0.5, 0.6) is 0 Å². The van der Waals surface area contributed by atoms with E-state index in [1.54, 1.807) is 6.92 Å². The average molecular weight is 395 g/mol. The molecule has 0 spiro atoms. The van der Waals surface area contributed by atoms with Crippen molar-refractivity contribution in [3.05, 3.63) is 12.2 Å². The van der Waals surface area contributed by atoms with Gasteiger partial charge in [-0.3, -0.25) is 4.79 Å². The lowest BCUT2D eigenvalue weighted by Crippen LogP contribution is -2.64. The number of aliphatic hydroxyl groups excluding tert-OH is 2. The molecule has 1 saturated carbocycles.